The molecule has 0 aliphatic carbocycles. The van der Waals surface area contributed by atoms with E-state index in [1.165, 1.54) is 0 Å². The Bertz CT molecular complexity index is 333. The van der Waals surface area contributed by atoms with Crippen LogP contribution in [0.4, 0.5) is 0 Å². The minimum Gasteiger partial charge on any atom is -0.493 e. The Labute approximate surface area is 99.0 Å². The van der Waals surface area contributed by atoms with Crippen LogP contribution in [-0.2, 0) is 6.42 Å². The minimum atomic E-state index is 0.411. The molecule has 0 fully saturated rings. The van der Waals surface area contributed by atoms with E-state index in [2.05, 4.69) is 22.0 Å². The van der Waals surface area contributed by atoms with Crippen LogP contribution in [-0.4, -0.2) is 11.9 Å². The van der Waals surface area contributed by atoms with Gasteiger partial charge >= 0.3 is 0 Å². The maximum absolute atomic E-state index is 8.64. The van der Waals surface area contributed by atoms with Crippen molar-refractivity contribution in [3.8, 4) is 11.8 Å². The lowest BCUT2D eigenvalue weighted by molar-refractivity contribution is 0.307. The number of unbranched alkanes of at least 4 members (excludes halogenated alkanes) is 1. The van der Waals surface area contributed by atoms with Gasteiger partial charge in [-0.1, -0.05) is 34.1 Å². The molecule has 0 bridgehead atoms. The van der Waals surface area contributed by atoms with E-state index in [9.17, 15) is 0 Å². The largest absolute Gasteiger partial charge is 0.493 e. The first-order valence-electron chi connectivity index (χ1n) is 5.02. The SMILES string of the molecule is N#CCc1ccccc1OCCCCBr. The van der Waals surface area contributed by atoms with Gasteiger partial charge in [0.2, 0.25) is 0 Å². The molecule has 0 amide bonds. The molecule has 0 aliphatic heterocycles. The van der Waals surface area contributed by atoms with Crippen molar-refractivity contribution in [2.45, 2.75) is 19.3 Å². The van der Waals surface area contributed by atoms with Crippen LogP contribution in [0.2, 0.25) is 0 Å². The van der Waals surface area contributed by atoms with E-state index in [0.717, 1.165) is 29.5 Å². The predicted octanol–water partition coefficient (Wildman–Crippen LogP) is 3.31. The summed E-state index contributed by atoms with van der Waals surface area (Å²) >= 11 is 3.38. The summed E-state index contributed by atoms with van der Waals surface area (Å²) in [6, 6.07) is 9.85. The van der Waals surface area contributed by atoms with Gasteiger partial charge in [0.25, 0.3) is 0 Å². The number of benzene rings is 1. The highest BCUT2D eigenvalue weighted by molar-refractivity contribution is 9.09. The quantitative estimate of drug-likeness (QED) is 0.585. The molecule has 1 aromatic carbocycles. The smallest absolute Gasteiger partial charge is 0.123 e. The number of nitriles is 1. The molecule has 1 rings (SSSR count). The summed E-state index contributed by atoms with van der Waals surface area (Å²) in [5.41, 5.74) is 0.971. The van der Waals surface area contributed by atoms with Gasteiger partial charge in [-0.3, -0.25) is 0 Å². The first-order chi connectivity index (χ1) is 7.38. The maximum Gasteiger partial charge on any atom is 0.123 e. The third-order valence-corrected chi connectivity index (χ3v) is 2.59. The van der Waals surface area contributed by atoms with Crippen molar-refractivity contribution in [3.05, 3.63) is 29.8 Å². The molecule has 0 heterocycles. The van der Waals surface area contributed by atoms with Crippen molar-refractivity contribution < 1.29 is 4.74 Å². The third kappa shape index (κ3) is 4.35. The van der Waals surface area contributed by atoms with Crippen molar-refractivity contribution in [1.29, 1.82) is 5.26 Å². The Hall–Kier alpha value is -1.01. The van der Waals surface area contributed by atoms with Crippen LogP contribution in [0.3, 0.4) is 0 Å². The third-order valence-electron chi connectivity index (χ3n) is 2.03. The lowest BCUT2D eigenvalue weighted by atomic mass is 10.1. The highest BCUT2D eigenvalue weighted by Crippen LogP contribution is 2.18. The molecule has 0 unspecified atom stereocenters. The zero-order valence-electron chi connectivity index (χ0n) is 8.58. The number of rotatable bonds is 6. The number of nitrogens with zero attached hydrogens (tertiary/aromatic N) is 1. The highest BCUT2D eigenvalue weighted by Gasteiger charge is 2.01. The van der Waals surface area contributed by atoms with Gasteiger partial charge in [-0.2, -0.15) is 5.26 Å². The lowest BCUT2D eigenvalue weighted by Gasteiger charge is -2.08. The van der Waals surface area contributed by atoms with E-state index in [0.29, 0.717) is 13.0 Å². The van der Waals surface area contributed by atoms with Crippen LogP contribution in [0.15, 0.2) is 24.3 Å². The summed E-state index contributed by atoms with van der Waals surface area (Å²) in [6.45, 7) is 0.716. The van der Waals surface area contributed by atoms with Crippen molar-refractivity contribution >= 4 is 15.9 Å². The van der Waals surface area contributed by atoms with Crippen LogP contribution >= 0.6 is 15.9 Å². The topological polar surface area (TPSA) is 33.0 Å². The minimum absolute atomic E-state index is 0.411. The predicted molar refractivity (Wildman–Crippen MR) is 64.3 cm³/mol. The second-order valence-corrected chi connectivity index (χ2v) is 3.98. The molecular formula is C12H14BrNO. The Morgan fingerprint density at radius 2 is 2.07 bits per heavy atom. The van der Waals surface area contributed by atoms with E-state index >= 15 is 0 Å². The van der Waals surface area contributed by atoms with Gasteiger partial charge in [-0.25, -0.2) is 0 Å². The van der Waals surface area contributed by atoms with Crippen molar-refractivity contribution in [2.75, 3.05) is 11.9 Å². The van der Waals surface area contributed by atoms with Crippen LogP contribution < -0.4 is 4.74 Å². The molecular weight excluding hydrogens is 254 g/mol. The van der Waals surface area contributed by atoms with E-state index in [1.54, 1.807) is 0 Å². The van der Waals surface area contributed by atoms with Crippen molar-refractivity contribution in [3.63, 3.8) is 0 Å². The van der Waals surface area contributed by atoms with Gasteiger partial charge in [0.15, 0.2) is 0 Å². The number of alkyl halides is 1. The summed E-state index contributed by atoms with van der Waals surface area (Å²) < 4.78 is 5.62. The Morgan fingerprint density at radius 1 is 1.27 bits per heavy atom. The van der Waals surface area contributed by atoms with E-state index in [1.807, 2.05) is 24.3 Å². The van der Waals surface area contributed by atoms with Gasteiger partial charge in [0, 0.05) is 10.9 Å². The fraction of sp³-hybridized carbons (Fsp3) is 0.417. The van der Waals surface area contributed by atoms with Crippen molar-refractivity contribution in [1.82, 2.24) is 0 Å². The molecule has 0 radical (unpaired) electrons. The van der Waals surface area contributed by atoms with Crippen LogP contribution in [0.5, 0.6) is 5.75 Å². The molecule has 15 heavy (non-hydrogen) atoms. The van der Waals surface area contributed by atoms with Gasteiger partial charge < -0.3 is 4.74 Å². The molecule has 80 valence electrons. The molecule has 3 heteroatoms. The van der Waals surface area contributed by atoms with E-state index in [-0.39, 0.29) is 0 Å². The first-order valence-corrected chi connectivity index (χ1v) is 6.14. The molecule has 0 spiro atoms. The fourth-order valence-electron chi connectivity index (χ4n) is 1.25. The molecule has 1 aromatic rings. The summed E-state index contributed by atoms with van der Waals surface area (Å²) in [5.74, 6) is 0.841. The molecule has 0 saturated carbocycles. The summed E-state index contributed by atoms with van der Waals surface area (Å²) in [5, 5.41) is 9.65. The van der Waals surface area contributed by atoms with E-state index < -0.39 is 0 Å². The van der Waals surface area contributed by atoms with Gasteiger partial charge in [0.05, 0.1) is 19.1 Å². The standard InChI is InChI=1S/C12H14BrNO/c13-8-3-4-10-15-12-6-2-1-5-11(12)7-9-14/h1-2,5-6H,3-4,7-8,10H2. The Kier molecular flexibility index (Phi) is 5.87. The zero-order valence-corrected chi connectivity index (χ0v) is 10.2. The average molecular weight is 268 g/mol. The first kappa shape index (κ1) is 12.1. The Morgan fingerprint density at radius 3 is 2.80 bits per heavy atom. The summed E-state index contributed by atoms with van der Waals surface area (Å²) in [7, 11) is 0. The molecule has 2 nitrogen and oxygen atoms in total. The summed E-state index contributed by atoms with van der Waals surface area (Å²) in [4.78, 5) is 0. The van der Waals surface area contributed by atoms with Gasteiger partial charge in [-0.05, 0) is 18.9 Å². The maximum atomic E-state index is 8.64. The molecule has 0 atom stereocenters. The lowest BCUT2D eigenvalue weighted by Crippen LogP contribution is -2.00. The molecule has 0 aliphatic rings. The highest BCUT2D eigenvalue weighted by atomic mass is 79.9. The van der Waals surface area contributed by atoms with Gasteiger partial charge in [-0.15, -0.1) is 0 Å². The van der Waals surface area contributed by atoms with Gasteiger partial charge in [0.1, 0.15) is 5.75 Å². The average Bonchev–Trinajstić information content (AvgIpc) is 2.27. The number of hydrogen-bond acceptors (Lipinski definition) is 2. The summed E-state index contributed by atoms with van der Waals surface area (Å²) in [6.07, 6.45) is 2.56. The molecule has 0 saturated heterocycles. The number of ether oxygens (including phenoxy) is 1. The monoisotopic (exact) mass is 267 g/mol. The molecule has 0 N–H and O–H groups in total. The number of hydrogen-bond donors (Lipinski definition) is 0. The number of halogens is 1. The van der Waals surface area contributed by atoms with Crippen molar-refractivity contribution in [2.24, 2.45) is 0 Å². The second kappa shape index (κ2) is 7.30. The van der Waals surface area contributed by atoms with Crippen LogP contribution in [0.1, 0.15) is 18.4 Å². The number of para-hydroxylation sites is 1. The molecule has 0 aromatic heterocycles. The Balaban J connectivity index is 2.48. The van der Waals surface area contributed by atoms with Crippen LogP contribution in [0, 0.1) is 11.3 Å². The second-order valence-electron chi connectivity index (χ2n) is 3.19. The fourth-order valence-corrected chi connectivity index (χ4v) is 1.65. The normalized spacial score (nSPS) is 9.60. The van der Waals surface area contributed by atoms with Crippen LogP contribution in [0.25, 0.3) is 0 Å². The zero-order chi connectivity index (χ0) is 10.9. The van der Waals surface area contributed by atoms with E-state index in [4.69, 9.17) is 10.00 Å².